The molecule has 2 rings (SSSR count). The first-order valence-electron chi connectivity index (χ1n) is 5.71. The van der Waals surface area contributed by atoms with Gasteiger partial charge < -0.3 is 4.74 Å². The van der Waals surface area contributed by atoms with Crippen LogP contribution < -0.4 is 0 Å². The predicted octanol–water partition coefficient (Wildman–Crippen LogP) is 2.48. The molecule has 2 atom stereocenters. The highest BCUT2D eigenvalue weighted by Crippen LogP contribution is 2.21. The summed E-state index contributed by atoms with van der Waals surface area (Å²) in [5.41, 5.74) is 1.10. The molecule has 0 aromatic heterocycles. The molecule has 1 fully saturated rings. The summed E-state index contributed by atoms with van der Waals surface area (Å²) in [7, 11) is 1.94. The van der Waals surface area contributed by atoms with Gasteiger partial charge in [-0.3, -0.25) is 9.69 Å². The van der Waals surface area contributed by atoms with Crippen molar-refractivity contribution in [1.29, 1.82) is 0 Å². The molecule has 4 heteroatoms. The molecule has 1 aliphatic heterocycles. The first kappa shape index (κ1) is 12.4. The maximum Gasteiger partial charge on any atom is 0.323 e. The molecule has 0 bridgehead atoms. The molecule has 1 aromatic rings. The Morgan fingerprint density at radius 3 is 2.88 bits per heavy atom. The van der Waals surface area contributed by atoms with Gasteiger partial charge in [-0.1, -0.05) is 23.7 Å². The van der Waals surface area contributed by atoms with Gasteiger partial charge in [0.25, 0.3) is 0 Å². The van der Waals surface area contributed by atoms with Crippen LogP contribution in [-0.4, -0.2) is 30.1 Å². The van der Waals surface area contributed by atoms with Crippen LogP contribution in [0.3, 0.4) is 0 Å². The second-order valence-corrected chi connectivity index (χ2v) is 4.98. The maximum atomic E-state index is 11.6. The second-order valence-electron chi connectivity index (χ2n) is 4.54. The largest absolute Gasteiger partial charge is 0.461 e. The normalized spacial score (nSPS) is 24.1. The Morgan fingerprint density at radius 2 is 2.29 bits per heavy atom. The Kier molecular flexibility index (Phi) is 3.69. The van der Waals surface area contributed by atoms with Crippen molar-refractivity contribution < 1.29 is 9.53 Å². The molecule has 0 N–H and O–H groups in total. The van der Waals surface area contributed by atoms with Crippen LogP contribution >= 0.6 is 11.6 Å². The standard InChI is InChI=1S/C13H16ClNO2/c1-9-6-12(13(16)17-9)15(2)8-10-4-3-5-11(14)7-10/h3-5,7,9,12H,6,8H2,1-2H3/t9-,12+/m1/s1. The lowest BCUT2D eigenvalue weighted by Crippen LogP contribution is -2.34. The zero-order chi connectivity index (χ0) is 12.4. The summed E-state index contributed by atoms with van der Waals surface area (Å²) in [5, 5.41) is 0.721. The van der Waals surface area contributed by atoms with Gasteiger partial charge >= 0.3 is 5.97 Å². The lowest BCUT2D eigenvalue weighted by Gasteiger charge is -2.21. The third-order valence-electron chi connectivity index (χ3n) is 3.00. The van der Waals surface area contributed by atoms with E-state index >= 15 is 0 Å². The van der Waals surface area contributed by atoms with Crippen LogP contribution in [0, 0.1) is 0 Å². The van der Waals surface area contributed by atoms with Crippen molar-refractivity contribution in [2.75, 3.05) is 7.05 Å². The van der Waals surface area contributed by atoms with Gasteiger partial charge in [-0.25, -0.2) is 0 Å². The van der Waals surface area contributed by atoms with Crippen molar-refractivity contribution >= 4 is 17.6 Å². The fraction of sp³-hybridized carbons (Fsp3) is 0.462. The maximum absolute atomic E-state index is 11.6. The Hall–Kier alpha value is -1.06. The SMILES string of the molecule is C[C@@H]1C[C@H](N(C)Cc2cccc(Cl)c2)C(=O)O1. The molecule has 3 nitrogen and oxygen atoms in total. The molecular formula is C13H16ClNO2. The van der Waals surface area contributed by atoms with Crippen molar-refractivity contribution in [3.8, 4) is 0 Å². The van der Waals surface area contributed by atoms with Crippen LogP contribution in [0.1, 0.15) is 18.9 Å². The molecule has 0 spiro atoms. The van der Waals surface area contributed by atoms with Gasteiger partial charge in [0.15, 0.2) is 0 Å². The Morgan fingerprint density at radius 1 is 1.53 bits per heavy atom. The van der Waals surface area contributed by atoms with E-state index in [9.17, 15) is 4.79 Å². The van der Waals surface area contributed by atoms with Gasteiger partial charge in [-0.2, -0.15) is 0 Å². The summed E-state index contributed by atoms with van der Waals surface area (Å²) in [6.45, 7) is 2.62. The van der Waals surface area contributed by atoms with E-state index in [1.807, 2.05) is 43.1 Å². The summed E-state index contributed by atoms with van der Waals surface area (Å²) < 4.78 is 5.15. The number of benzene rings is 1. The Labute approximate surface area is 106 Å². The quantitative estimate of drug-likeness (QED) is 0.775. The number of ether oxygens (including phenoxy) is 1. The van der Waals surface area contributed by atoms with E-state index in [-0.39, 0.29) is 18.1 Å². The number of halogens is 1. The lowest BCUT2D eigenvalue weighted by molar-refractivity contribution is -0.144. The molecule has 0 radical (unpaired) electrons. The van der Waals surface area contributed by atoms with E-state index in [1.165, 1.54) is 0 Å². The highest BCUT2D eigenvalue weighted by Gasteiger charge is 2.34. The lowest BCUT2D eigenvalue weighted by atomic mass is 10.1. The summed E-state index contributed by atoms with van der Waals surface area (Å²) in [6, 6.07) is 7.55. The monoisotopic (exact) mass is 253 g/mol. The molecule has 17 heavy (non-hydrogen) atoms. The number of carbonyl (C=O) groups excluding carboxylic acids is 1. The van der Waals surface area contributed by atoms with Crippen molar-refractivity contribution in [1.82, 2.24) is 4.90 Å². The molecule has 92 valence electrons. The van der Waals surface area contributed by atoms with Crippen molar-refractivity contribution in [2.45, 2.75) is 32.0 Å². The zero-order valence-electron chi connectivity index (χ0n) is 10.0. The van der Waals surface area contributed by atoms with E-state index in [1.54, 1.807) is 0 Å². The smallest absolute Gasteiger partial charge is 0.323 e. The number of likely N-dealkylation sites (N-methyl/N-ethyl adjacent to an activating group) is 1. The average Bonchev–Trinajstić information content (AvgIpc) is 2.58. The minimum absolute atomic E-state index is 0.0225. The van der Waals surface area contributed by atoms with Gasteiger partial charge in [-0.15, -0.1) is 0 Å². The number of cyclic esters (lactones) is 1. The third-order valence-corrected chi connectivity index (χ3v) is 3.23. The van der Waals surface area contributed by atoms with Gasteiger partial charge in [0.1, 0.15) is 12.1 Å². The molecule has 0 saturated carbocycles. The van der Waals surface area contributed by atoms with Gasteiger partial charge in [-0.05, 0) is 31.7 Å². The van der Waals surface area contributed by atoms with Crippen LogP contribution in [0.4, 0.5) is 0 Å². The van der Waals surface area contributed by atoms with Crippen LogP contribution in [-0.2, 0) is 16.1 Å². The van der Waals surface area contributed by atoms with Gasteiger partial charge in [0.05, 0.1) is 0 Å². The summed E-state index contributed by atoms with van der Waals surface area (Å²) in [6.07, 6.45) is 0.782. The molecular weight excluding hydrogens is 238 g/mol. The number of hydrogen-bond acceptors (Lipinski definition) is 3. The van der Waals surface area contributed by atoms with E-state index < -0.39 is 0 Å². The molecule has 1 heterocycles. The highest BCUT2D eigenvalue weighted by atomic mass is 35.5. The summed E-state index contributed by atoms with van der Waals surface area (Å²) >= 11 is 5.93. The number of carbonyl (C=O) groups is 1. The number of hydrogen-bond donors (Lipinski definition) is 0. The number of nitrogens with zero attached hydrogens (tertiary/aromatic N) is 1. The first-order valence-corrected chi connectivity index (χ1v) is 6.09. The van der Waals surface area contributed by atoms with E-state index in [0.717, 1.165) is 17.0 Å². The molecule has 1 aromatic carbocycles. The first-order chi connectivity index (χ1) is 8.06. The Balaban J connectivity index is 2.02. The van der Waals surface area contributed by atoms with E-state index in [2.05, 4.69) is 0 Å². The van der Waals surface area contributed by atoms with Gasteiger partial charge in [0.2, 0.25) is 0 Å². The molecule has 1 aliphatic rings. The minimum atomic E-state index is -0.135. The molecule has 0 aliphatic carbocycles. The average molecular weight is 254 g/mol. The third kappa shape index (κ3) is 2.99. The van der Waals surface area contributed by atoms with Gasteiger partial charge in [0, 0.05) is 18.0 Å². The highest BCUT2D eigenvalue weighted by molar-refractivity contribution is 6.30. The van der Waals surface area contributed by atoms with Crippen LogP contribution in [0.25, 0.3) is 0 Å². The predicted molar refractivity (Wildman–Crippen MR) is 66.9 cm³/mol. The van der Waals surface area contributed by atoms with Crippen molar-refractivity contribution in [3.63, 3.8) is 0 Å². The van der Waals surface area contributed by atoms with Crippen molar-refractivity contribution in [3.05, 3.63) is 34.9 Å². The van der Waals surface area contributed by atoms with Crippen LogP contribution in [0.5, 0.6) is 0 Å². The zero-order valence-corrected chi connectivity index (χ0v) is 10.8. The Bertz CT molecular complexity index is 422. The summed E-state index contributed by atoms with van der Waals surface area (Å²) in [5.74, 6) is -0.123. The number of rotatable bonds is 3. The molecule has 0 amide bonds. The van der Waals surface area contributed by atoms with Crippen molar-refractivity contribution in [2.24, 2.45) is 0 Å². The summed E-state index contributed by atoms with van der Waals surface area (Å²) in [4.78, 5) is 13.6. The second kappa shape index (κ2) is 5.07. The van der Waals surface area contributed by atoms with E-state index in [0.29, 0.717) is 6.54 Å². The van der Waals surface area contributed by atoms with Crippen LogP contribution in [0.2, 0.25) is 5.02 Å². The molecule has 0 unspecified atom stereocenters. The fourth-order valence-electron chi connectivity index (χ4n) is 2.13. The minimum Gasteiger partial charge on any atom is -0.461 e. The van der Waals surface area contributed by atoms with Crippen LogP contribution in [0.15, 0.2) is 24.3 Å². The fourth-order valence-corrected chi connectivity index (χ4v) is 2.34. The topological polar surface area (TPSA) is 29.5 Å². The van der Waals surface area contributed by atoms with E-state index in [4.69, 9.17) is 16.3 Å². The molecule has 1 saturated heterocycles. The number of esters is 1.